The molecule has 3 unspecified atom stereocenters. The predicted octanol–water partition coefficient (Wildman–Crippen LogP) is 1.79. The number of nitrogens with two attached hydrogens (primary N) is 1. The summed E-state index contributed by atoms with van der Waals surface area (Å²) in [6.07, 6.45) is 3.02. The van der Waals surface area contributed by atoms with Crippen LogP contribution in [0.2, 0.25) is 0 Å². The third-order valence-corrected chi connectivity index (χ3v) is 4.71. The van der Waals surface area contributed by atoms with Gasteiger partial charge >= 0.3 is 0 Å². The van der Waals surface area contributed by atoms with Crippen LogP contribution >= 0.6 is 0 Å². The van der Waals surface area contributed by atoms with Crippen molar-refractivity contribution in [1.82, 2.24) is 10.4 Å². The molecule has 3 heterocycles. The highest BCUT2D eigenvalue weighted by atomic mass is 16.6. The smallest absolute Gasteiger partial charge is 0.0940 e. The van der Waals surface area contributed by atoms with Crippen molar-refractivity contribution < 1.29 is 9.47 Å². The van der Waals surface area contributed by atoms with E-state index in [1.54, 1.807) is 0 Å². The fourth-order valence-corrected chi connectivity index (χ4v) is 3.76. The summed E-state index contributed by atoms with van der Waals surface area (Å²) in [5, 5.41) is 0. The molecule has 2 aliphatic rings. The molecule has 0 radical (unpaired) electrons. The van der Waals surface area contributed by atoms with Crippen LogP contribution in [-0.2, 0) is 9.47 Å². The van der Waals surface area contributed by atoms with Gasteiger partial charge in [-0.15, -0.1) is 0 Å². The topological polar surface area (TPSA) is 69.4 Å². The number of hydrogen-bond acceptors (Lipinski definition) is 5. The molecule has 1 spiro atoms. The first-order valence-corrected chi connectivity index (χ1v) is 7.75. The minimum atomic E-state index is -0.0882. The summed E-state index contributed by atoms with van der Waals surface area (Å²) >= 11 is 0. The van der Waals surface area contributed by atoms with Gasteiger partial charge < -0.3 is 9.47 Å². The fraction of sp³-hybridized carbons (Fsp3) is 0.688. The Hall–Kier alpha value is -1.01. The first kappa shape index (κ1) is 14.9. The summed E-state index contributed by atoms with van der Waals surface area (Å²) in [5.74, 6) is 6.34. The maximum atomic E-state index is 6.03. The van der Waals surface area contributed by atoms with Crippen molar-refractivity contribution in [3.8, 4) is 0 Å². The zero-order valence-electron chi connectivity index (χ0n) is 12.9. The zero-order chi connectivity index (χ0) is 14.9. The predicted molar refractivity (Wildman–Crippen MR) is 80.6 cm³/mol. The van der Waals surface area contributed by atoms with Gasteiger partial charge in [0.15, 0.2) is 0 Å². The minimum absolute atomic E-state index is 0.0882. The van der Waals surface area contributed by atoms with Crippen LogP contribution in [0.4, 0.5) is 0 Å². The highest BCUT2D eigenvalue weighted by molar-refractivity contribution is 5.24. The molecular weight excluding hydrogens is 266 g/mol. The molecule has 2 fully saturated rings. The Labute approximate surface area is 126 Å². The number of rotatable bonds is 3. The van der Waals surface area contributed by atoms with Crippen LogP contribution in [0.5, 0.6) is 0 Å². The third kappa shape index (κ3) is 3.11. The van der Waals surface area contributed by atoms with Crippen molar-refractivity contribution in [2.75, 3.05) is 19.8 Å². The van der Waals surface area contributed by atoms with Gasteiger partial charge in [-0.1, -0.05) is 0 Å². The zero-order valence-corrected chi connectivity index (χ0v) is 12.9. The molecule has 116 valence electrons. The molecule has 0 saturated carbocycles. The van der Waals surface area contributed by atoms with E-state index in [4.69, 9.17) is 15.3 Å². The van der Waals surface area contributed by atoms with Crippen LogP contribution in [0.3, 0.4) is 0 Å². The molecule has 5 heteroatoms. The summed E-state index contributed by atoms with van der Waals surface area (Å²) in [6.45, 7) is 6.37. The third-order valence-electron chi connectivity index (χ3n) is 4.71. The van der Waals surface area contributed by atoms with Crippen molar-refractivity contribution in [2.45, 2.75) is 44.8 Å². The monoisotopic (exact) mass is 291 g/mol. The summed E-state index contributed by atoms with van der Waals surface area (Å²) in [4.78, 5) is 4.45. The highest BCUT2D eigenvalue weighted by Crippen LogP contribution is 2.40. The molecule has 0 bridgehead atoms. The first-order chi connectivity index (χ1) is 10.1. The standard InChI is InChI=1S/C16H25N3O2/c1-11-7-14(8-12(2)18-11)15(19-17)13-3-5-21-16(9-13)4-6-20-10-16/h7-8,13,15,19H,3-6,9-10,17H2,1-2H3. The Morgan fingerprint density at radius 1 is 1.33 bits per heavy atom. The lowest BCUT2D eigenvalue weighted by atomic mass is 9.79. The maximum absolute atomic E-state index is 6.03. The summed E-state index contributed by atoms with van der Waals surface area (Å²) in [7, 11) is 0. The van der Waals surface area contributed by atoms with Gasteiger partial charge in [0.1, 0.15) is 0 Å². The van der Waals surface area contributed by atoms with Crippen molar-refractivity contribution in [3.63, 3.8) is 0 Å². The van der Waals surface area contributed by atoms with Gasteiger partial charge in [-0.3, -0.25) is 16.3 Å². The number of aromatic nitrogens is 1. The van der Waals surface area contributed by atoms with E-state index >= 15 is 0 Å². The second-order valence-corrected chi connectivity index (χ2v) is 6.41. The molecule has 2 saturated heterocycles. The van der Waals surface area contributed by atoms with E-state index in [1.165, 1.54) is 5.56 Å². The van der Waals surface area contributed by atoms with Crippen LogP contribution < -0.4 is 11.3 Å². The van der Waals surface area contributed by atoms with E-state index in [0.717, 1.165) is 50.5 Å². The van der Waals surface area contributed by atoms with Gasteiger partial charge in [-0.2, -0.15) is 0 Å². The quantitative estimate of drug-likeness (QED) is 0.656. The number of nitrogens with one attached hydrogen (secondary N) is 1. The van der Waals surface area contributed by atoms with Gasteiger partial charge in [0.05, 0.1) is 12.2 Å². The second kappa shape index (κ2) is 6.01. The molecule has 0 aromatic carbocycles. The molecule has 3 atom stereocenters. The lowest BCUT2D eigenvalue weighted by Gasteiger charge is -2.40. The van der Waals surface area contributed by atoms with Gasteiger partial charge in [0.25, 0.3) is 0 Å². The number of nitrogens with zero attached hydrogens (tertiary/aromatic N) is 1. The molecule has 3 rings (SSSR count). The fourth-order valence-electron chi connectivity index (χ4n) is 3.76. The summed E-state index contributed by atoms with van der Waals surface area (Å²) in [6, 6.07) is 4.40. The summed E-state index contributed by atoms with van der Waals surface area (Å²) < 4.78 is 11.6. The van der Waals surface area contributed by atoms with Crippen molar-refractivity contribution in [1.29, 1.82) is 0 Å². The van der Waals surface area contributed by atoms with Crippen LogP contribution in [0.15, 0.2) is 12.1 Å². The molecule has 0 amide bonds. The van der Waals surface area contributed by atoms with Crippen LogP contribution in [0.25, 0.3) is 0 Å². The number of pyridine rings is 1. The van der Waals surface area contributed by atoms with Crippen molar-refractivity contribution in [2.24, 2.45) is 11.8 Å². The summed E-state index contributed by atoms with van der Waals surface area (Å²) in [5.41, 5.74) is 6.24. The van der Waals surface area contributed by atoms with Gasteiger partial charge in [-0.25, -0.2) is 0 Å². The lowest BCUT2D eigenvalue weighted by Crippen LogP contribution is -2.45. The van der Waals surface area contributed by atoms with E-state index in [0.29, 0.717) is 5.92 Å². The molecule has 5 nitrogen and oxygen atoms in total. The first-order valence-electron chi connectivity index (χ1n) is 7.75. The number of hydrazine groups is 1. The average molecular weight is 291 g/mol. The molecule has 1 aromatic heterocycles. The van der Waals surface area contributed by atoms with Crippen molar-refractivity contribution >= 4 is 0 Å². The largest absolute Gasteiger partial charge is 0.378 e. The molecule has 21 heavy (non-hydrogen) atoms. The van der Waals surface area contributed by atoms with E-state index < -0.39 is 0 Å². The Kier molecular flexibility index (Phi) is 4.26. The number of aryl methyl sites for hydroxylation is 2. The van der Waals surface area contributed by atoms with E-state index in [1.807, 2.05) is 13.8 Å². The maximum Gasteiger partial charge on any atom is 0.0940 e. The Bertz CT molecular complexity index is 480. The molecule has 1 aromatic rings. The SMILES string of the molecule is Cc1cc(C(NN)C2CCOC3(CCOC3)C2)cc(C)n1. The van der Waals surface area contributed by atoms with Crippen molar-refractivity contribution in [3.05, 3.63) is 29.1 Å². The normalized spacial score (nSPS) is 30.7. The number of hydrogen-bond donors (Lipinski definition) is 2. The van der Waals surface area contributed by atoms with Gasteiger partial charge in [0, 0.05) is 37.1 Å². The Morgan fingerprint density at radius 2 is 2.10 bits per heavy atom. The lowest BCUT2D eigenvalue weighted by molar-refractivity contribution is -0.103. The number of ether oxygens (including phenoxy) is 2. The molecule has 2 aliphatic heterocycles. The van der Waals surface area contributed by atoms with E-state index in [9.17, 15) is 0 Å². The van der Waals surface area contributed by atoms with Crippen LogP contribution in [-0.4, -0.2) is 30.4 Å². The Morgan fingerprint density at radius 3 is 2.71 bits per heavy atom. The van der Waals surface area contributed by atoms with Crippen LogP contribution in [0.1, 0.15) is 42.3 Å². The Balaban J connectivity index is 1.82. The highest BCUT2D eigenvalue weighted by Gasteiger charge is 2.43. The van der Waals surface area contributed by atoms with E-state index in [-0.39, 0.29) is 11.6 Å². The molecular formula is C16H25N3O2. The van der Waals surface area contributed by atoms with Gasteiger partial charge in [-0.05, 0) is 50.3 Å². The average Bonchev–Trinajstić information content (AvgIpc) is 2.86. The van der Waals surface area contributed by atoms with Crippen LogP contribution in [0, 0.1) is 19.8 Å². The van der Waals surface area contributed by atoms with E-state index in [2.05, 4.69) is 22.5 Å². The molecule has 0 aliphatic carbocycles. The second-order valence-electron chi connectivity index (χ2n) is 6.41. The molecule has 3 N–H and O–H groups in total. The minimum Gasteiger partial charge on any atom is -0.378 e. The van der Waals surface area contributed by atoms with Gasteiger partial charge in [0.2, 0.25) is 0 Å².